The number of hydrogen-bond acceptors (Lipinski definition) is 0. The number of rotatable bonds is 2. The summed E-state index contributed by atoms with van der Waals surface area (Å²) >= 11 is 0. The molecular weight excluding hydrogens is 151 g/mol. The summed E-state index contributed by atoms with van der Waals surface area (Å²) in [5, 5.41) is 1.44. The summed E-state index contributed by atoms with van der Waals surface area (Å²) < 4.78 is 0. The first-order valence-electron chi connectivity index (χ1n) is 4.00. The van der Waals surface area contributed by atoms with Crippen LogP contribution in [0.2, 0.25) is 0 Å². The third kappa shape index (κ3) is 1.12. The van der Waals surface area contributed by atoms with Gasteiger partial charge in [0.05, 0.1) is 0 Å². The van der Waals surface area contributed by atoms with E-state index in [4.69, 9.17) is 0 Å². The van der Waals surface area contributed by atoms with E-state index in [0.717, 1.165) is 0 Å². The highest BCUT2D eigenvalue weighted by molar-refractivity contribution is 7.44. The fraction of sp³-hybridized carbons (Fsp3) is 0.300. The number of hydrogen-bond donors (Lipinski definition) is 0. The summed E-state index contributed by atoms with van der Waals surface area (Å²) in [7, 11) is 1.27. The Bertz CT molecular complexity index is 290. The molecule has 1 aliphatic heterocycles. The van der Waals surface area contributed by atoms with E-state index in [1.54, 1.807) is 0 Å². The molecule has 55 valence electrons. The monoisotopic (exact) mass is 161 g/mol. The van der Waals surface area contributed by atoms with E-state index in [9.17, 15) is 0 Å². The predicted molar refractivity (Wildman–Crippen MR) is 50.8 cm³/mol. The lowest BCUT2D eigenvalue weighted by Gasteiger charge is -2.00. The molecule has 1 heterocycles. The van der Waals surface area contributed by atoms with Crippen molar-refractivity contribution in [1.29, 1.82) is 0 Å². The van der Waals surface area contributed by atoms with Crippen LogP contribution in [0, 0.1) is 5.82 Å². The minimum absolute atomic E-state index is 1.18. The second-order valence-electron chi connectivity index (χ2n) is 2.78. The Labute approximate surface area is 69.1 Å². The van der Waals surface area contributed by atoms with Crippen molar-refractivity contribution in [2.24, 2.45) is 0 Å². The van der Waals surface area contributed by atoms with Crippen molar-refractivity contribution < 1.29 is 0 Å². The average molecular weight is 161 g/mol. The van der Waals surface area contributed by atoms with E-state index >= 15 is 0 Å². The standard InChI is InChI=1S/C10H10P/c1-2-4-8-7-11-10-6-3-5-9(8)10/h3,5-6H,2,4H2,1H3. The van der Waals surface area contributed by atoms with Crippen LogP contribution in [0.3, 0.4) is 0 Å². The van der Waals surface area contributed by atoms with Crippen LogP contribution in [0.4, 0.5) is 0 Å². The van der Waals surface area contributed by atoms with Gasteiger partial charge in [0.1, 0.15) is 0 Å². The van der Waals surface area contributed by atoms with Gasteiger partial charge in [0.25, 0.3) is 0 Å². The maximum Gasteiger partial charge on any atom is 0.0184 e. The second kappa shape index (κ2) is 2.79. The number of fused-ring (bicyclic) bond motifs is 1. The van der Waals surface area contributed by atoms with Crippen molar-refractivity contribution >= 4 is 13.5 Å². The molecule has 0 spiro atoms. The van der Waals surface area contributed by atoms with Gasteiger partial charge in [0.15, 0.2) is 0 Å². The lowest BCUT2D eigenvalue weighted by atomic mass is 10.0. The van der Waals surface area contributed by atoms with Gasteiger partial charge < -0.3 is 0 Å². The Balaban J connectivity index is 2.20. The van der Waals surface area contributed by atoms with Gasteiger partial charge in [-0.15, -0.1) is 0 Å². The van der Waals surface area contributed by atoms with E-state index in [1.807, 2.05) is 0 Å². The molecule has 0 amide bonds. The summed E-state index contributed by atoms with van der Waals surface area (Å²) in [6, 6.07) is 0. The highest BCUT2D eigenvalue weighted by atomic mass is 31.1. The summed E-state index contributed by atoms with van der Waals surface area (Å²) in [5.41, 5.74) is 2.86. The van der Waals surface area contributed by atoms with Crippen molar-refractivity contribution in [1.82, 2.24) is 0 Å². The third-order valence-corrected chi connectivity index (χ3v) is 2.94. The molecule has 0 saturated heterocycles. The van der Waals surface area contributed by atoms with Crippen LogP contribution < -0.4 is 0 Å². The van der Waals surface area contributed by atoms with E-state index in [2.05, 4.69) is 31.0 Å². The van der Waals surface area contributed by atoms with Gasteiger partial charge in [-0.25, -0.2) is 0 Å². The lowest BCUT2D eigenvalue weighted by Crippen LogP contribution is -1.91. The van der Waals surface area contributed by atoms with Crippen LogP contribution in [0.15, 0.2) is 29.4 Å². The van der Waals surface area contributed by atoms with Gasteiger partial charge in [-0.2, -0.15) is 0 Å². The van der Waals surface area contributed by atoms with Crippen LogP contribution in [0.5, 0.6) is 0 Å². The second-order valence-corrected chi connectivity index (χ2v) is 3.71. The predicted octanol–water partition coefficient (Wildman–Crippen LogP) is 3.10. The molecule has 0 atom stereocenters. The Morgan fingerprint density at radius 1 is 1.55 bits per heavy atom. The molecule has 0 saturated carbocycles. The smallest absolute Gasteiger partial charge is 0.0184 e. The van der Waals surface area contributed by atoms with Gasteiger partial charge >= 0.3 is 0 Å². The highest BCUT2D eigenvalue weighted by Gasteiger charge is 2.15. The molecule has 1 radical (unpaired) electrons. The molecule has 0 nitrogen and oxygen atoms in total. The van der Waals surface area contributed by atoms with Crippen LogP contribution >= 0.6 is 8.20 Å². The zero-order chi connectivity index (χ0) is 7.68. The molecule has 1 heteroatoms. The van der Waals surface area contributed by atoms with E-state index in [0.29, 0.717) is 0 Å². The van der Waals surface area contributed by atoms with Crippen molar-refractivity contribution in [3.63, 3.8) is 0 Å². The topological polar surface area (TPSA) is 0 Å². The molecular formula is C10H10P. The molecule has 0 unspecified atom stereocenters. The Morgan fingerprint density at radius 2 is 2.45 bits per heavy atom. The molecule has 11 heavy (non-hydrogen) atoms. The van der Waals surface area contributed by atoms with Crippen molar-refractivity contribution in [3.8, 4) is 0 Å². The first-order chi connectivity index (χ1) is 5.42. The molecule has 0 aromatic carbocycles. The van der Waals surface area contributed by atoms with Crippen molar-refractivity contribution in [2.45, 2.75) is 19.8 Å². The fourth-order valence-corrected chi connectivity index (χ4v) is 2.37. The molecule has 0 aromatic heterocycles. The van der Waals surface area contributed by atoms with Gasteiger partial charge in [0.2, 0.25) is 0 Å². The zero-order valence-electron chi connectivity index (χ0n) is 6.59. The van der Waals surface area contributed by atoms with Crippen LogP contribution in [0.25, 0.3) is 0 Å². The Kier molecular flexibility index (Phi) is 1.79. The van der Waals surface area contributed by atoms with Crippen LogP contribution in [-0.4, -0.2) is 5.29 Å². The maximum atomic E-state index is 3.39. The Hall–Kier alpha value is -0.610. The Morgan fingerprint density at radius 3 is 3.27 bits per heavy atom. The van der Waals surface area contributed by atoms with E-state index in [-0.39, 0.29) is 0 Å². The minimum atomic E-state index is 1.18. The molecule has 0 aromatic rings. The molecule has 2 aliphatic rings. The fourth-order valence-electron chi connectivity index (χ4n) is 1.39. The van der Waals surface area contributed by atoms with Gasteiger partial charge in [-0.1, -0.05) is 33.7 Å². The van der Waals surface area contributed by atoms with Gasteiger partial charge in [-0.3, -0.25) is 0 Å². The summed E-state index contributed by atoms with van der Waals surface area (Å²) in [6.07, 6.45) is 8.93. The highest BCUT2D eigenvalue weighted by Crippen LogP contribution is 2.32. The largest absolute Gasteiger partial charge is 0.0651 e. The number of allylic oxidation sites excluding steroid dienone is 5. The van der Waals surface area contributed by atoms with E-state index in [1.165, 1.54) is 37.5 Å². The minimum Gasteiger partial charge on any atom is -0.0651 e. The lowest BCUT2D eigenvalue weighted by molar-refractivity contribution is 0.922. The molecule has 2 rings (SSSR count). The third-order valence-electron chi connectivity index (χ3n) is 1.93. The summed E-state index contributed by atoms with van der Waals surface area (Å²) in [6.45, 7) is 2.21. The SMILES string of the molecule is CCCC1=[C]P=C2C=CC=C12. The molecule has 1 aliphatic carbocycles. The molecule has 0 fully saturated rings. The van der Waals surface area contributed by atoms with Crippen LogP contribution in [0.1, 0.15) is 19.8 Å². The average Bonchev–Trinajstić information content (AvgIpc) is 2.53. The summed E-state index contributed by atoms with van der Waals surface area (Å²) in [5.74, 6) is 3.39. The first-order valence-corrected chi connectivity index (χ1v) is 4.90. The molecule has 0 N–H and O–H groups in total. The maximum absolute atomic E-state index is 3.39. The normalized spacial score (nSPS) is 21.0. The van der Waals surface area contributed by atoms with E-state index < -0.39 is 0 Å². The van der Waals surface area contributed by atoms with Gasteiger partial charge in [0, 0.05) is 11.1 Å². The zero-order valence-corrected chi connectivity index (χ0v) is 7.49. The van der Waals surface area contributed by atoms with Crippen molar-refractivity contribution in [2.75, 3.05) is 0 Å². The van der Waals surface area contributed by atoms with Gasteiger partial charge in [-0.05, 0) is 23.6 Å². The van der Waals surface area contributed by atoms with Crippen molar-refractivity contribution in [3.05, 3.63) is 35.2 Å². The summed E-state index contributed by atoms with van der Waals surface area (Å²) in [4.78, 5) is 0. The quantitative estimate of drug-likeness (QED) is 0.546. The first kappa shape index (κ1) is 7.06. The molecule has 0 bridgehead atoms. The van der Waals surface area contributed by atoms with Crippen LogP contribution in [-0.2, 0) is 0 Å².